The number of aromatic nitrogens is 2. The van der Waals surface area contributed by atoms with Gasteiger partial charge in [0.25, 0.3) is 11.8 Å². The molecular formula is C18H22N4O3. The molecule has 0 unspecified atom stereocenters. The van der Waals surface area contributed by atoms with Gasteiger partial charge in [0.05, 0.1) is 17.9 Å². The highest BCUT2D eigenvalue weighted by Gasteiger charge is 2.23. The van der Waals surface area contributed by atoms with Crippen molar-refractivity contribution in [1.82, 2.24) is 14.7 Å². The van der Waals surface area contributed by atoms with Crippen LogP contribution in [0, 0.1) is 0 Å². The van der Waals surface area contributed by atoms with Crippen molar-refractivity contribution in [1.29, 1.82) is 0 Å². The van der Waals surface area contributed by atoms with E-state index in [1.165, 1.54) is 6.20 Å². The van der Waals surface area contributed by atoms with Gasteiger partial charge in [0.2, 0.25) is 0 Å². The average molecular weight is 342 g/mol. The van der Waals surface area contributed by atoms with Gasteiger partial charge in [0.1, 0.15) is 0 Å². The maximum absolute atomic E-state index is 12.6. The molecule has 0 spiro atoms. The lowest BCUT2D eigenvalue weighted by Crippen LogP contribution is -2.42. The Kier molecular flexibility index (Phi) is 5.14. The number of amides is 2. The highest BCUT2D eigenvalue weighted by Crippen LogP contribution is 2.17. The lowest BCUT2D eigenvalue weighted by Gasteiger charge is -2.30. The van der Waals surface area contributed by atoms with E-state index < -0.39 is 6.10 Å². The zero-order valence-corrected chi connectivity index (χ0v) is 14.2. The van der Waals surface area contributed by atoms with Gasteiger partial charge >= 0.3 is 0 Å². The largest absolute Gasteiger partial charge is 0.391 e. The van der Waals surface area contributed by atoms with Crippen molar-refractivity contribution in [2.75, 3.05) is 18.4 Å². The number of carbonyl (C=O) groups excluding carboxylic acids is 2. The van der Waals surface area contributed by atoms with Crippen LogP contribution in [0.25, 0.3) is 0 Å². The Morgan fingerprint density at radius 3 is 2.92 bits per heavy atom. The van der Waals surface area contributed by atoms with E-state index in [2.05, 4.69) is 10.4 Å². The van der Waals surface area contributed by atoms with Crippen molar-refractivity contribution in [3.63, 3.8) is 0 Å². The van der Waals surface area contributed by atoms with Gasteiger partial charge in [-0.05, 0) is 38.0 Å². The van der Waals surface area contributed by atoms with E-state index in [0.717, 1.165) is 12.8 Å². The number of aliphatic hydroxyl groups is 1. The number of nitrogens with zero attached hydrogens (tertiary/aromatic N) is 3. The minimum Gasteiger partial charge on any atom is -0.391 e. The van der Waals surface area contributed by atoms with Crippen LogP contribution in [-0.4, -0.2) is 50.8 Å². The first kappa shape index (κ1) is 17.2. The van der Waals surface area contributed by atoms with Crippen LogP contribution in [0.15, 0.2) is 36.7 Å². The Bertz CT molecular complexity index is 771. The Balaban J connectivity index is 1.70. The number of carbonyl (C=O) groups is 2. The van der Waals surface area contributed by atoms with Crippen molar-refractivity contribution in [2.24, 2.45) is 0 Å². The van der Waals surface area contributed by atoms with Crippen LogP contribution in [-0.2, 0) is 6.54 Å². The highest BCUT2D eigenvalue weighted by molar-refractivity contribution is 6.04. The van der Waals surface area contributed by atoms with E-state index >= 15 is 0 Å². The van der Waals surface area contributed by atoms with Gasteiger partial charge in [-0.25, -0.2) is 0 Å². The SMILES string of the molecule is CCn1cc(C(=O)Nc2cccc(C(=O)N3CCC[C@@H](O)C3)c2)cn1. The molecule has 1 fully saturated rings. The smallest absolute Gasteiger partial charge is 0.258 e. The summed E-state index contributed by atoms with van der Waals surface area (Å²) in [5, 5.41) is 16.6. The summed E-state index contributed by atoms with van der Waals surface area (Å²) in [6.07, 6.45) is 4.26. The predicted octanol–water partition coefficient (Wildman–Crippen LogP) is 1.75. The number of β-amino-alcohol motifs (C(OH)–C–C–N with tert-alkyl or cyclic N) is 1. The third kappa shape index (κ3) is 4.06. The Labute approximate surface area is 146 Å². The molecular weight excluding hydrogens is 320 g/mol. The third-order valence-electron chi connectivity index (χ3n) is 4.27. The summed E-state index contributed by atoms with van der Waals surface area (Å²) < 4.78 is 1.68. The molecule has 0 saturated carbocycles. The lowest BCUT2D eigenvalue weighted by atomic mass is 10.1. The van der Waals surface area contributed by atoms with Crippen molar-refractivity contribution >= 4 is 17.5 Å². The second-order valence-electron chi connectivity index (χ2n) is 6.17. The monoisotopic (exact) mass is 342 g/mol. The van der Waals surface area contributed by atoms with Gasteiger partial charge in [-0.3, -0.25) is 14.3 Å². The van der Waals surface area contributed by atoms with E-state index in [9.17, 15) is 14.7 Å². The molecule has 0 bridgehead atoms. The number of hydrogen-bond donors (Lipinski definition) is 2. The summed E-state index contributed by atoms with van der Waals surface area (Å²) in [4.78, 5) is 26.5. The fourth-order valence-corrected chi connectivity index (χ4v) is 2.91. The first-order chi connectivity index (χ1) is 12.1. The third-order valence-corrected chi connectivity index (χ3v) is 4.27. The van der Waals surface area contributed by atoms with E-state index in [-0.39, 0.29) is 11.8 Å². The minimum absolute atomic E-state index is 0.131. The molecule has 25 heavy (non-hydrogen) atoms. The van der Waals surface area contributed by atoms with E-state index in [1.54, 1.807) is 40.0 Å². The molecule has 1 saturated heterocycles. The van der Waals surface area contributed by atoms with Crippen LogP contribution in [0.4, 0.5) is 5.69 Å². The molecule has 2 heterocycles. The molecule has 7 heteroatoms. The molecule has 2 aromatic rings. The Morgan fingerprint density at radius 2 is 2.20 bits per heavy atom. The quantitative estimate of drug-likeness (QED) is 0.886. The van der Waals surface area contributed by atoms with Gasteiger partial charge in [0.15, 0.2) is 0 Å². The summed E-state index contributed by atoms with van der Waals surface area (Å²) in [5.74, 6) is -0.397. The van der Waals surface area contributed by atoms with E-state index in [4.69, 9.17) is 0 Å². The second-order valence-corrected chi connectivity index (χ2v) is 6.17. The number of benzene rings is 1. The molecule has 0 radical (unpaired) electrons. The molecule has 1 aromatic carbocycles. The number of likely N-dealkylation sites (tertiary alicyclic amines) is 1. The zero-order valence-electron chi connectivity index (χ0n) is 14.2. The first-order valence-electron chi connectivity index (χ1n) is 8.48. The maximum Gasteiger partial charge on any atom is 0.258 e. The van der Waals surface area contributed by atoms with Gasteiger partial charge in [-0.15, -0.1) is 0 Å². The molecule has 2 N–H and O–H groups in total. The average Bonchev–Trinajstić information content (AvgIpc) is 3.11. The van der Waals surface area contributed by atoms with Crippen molar-refractivity contribution in [3.8, 4) is 0 Å². The van der Waals surface area contributed by atoms with Crippen LogP contribution in [0.2, 0.25) is 0 Å². The predicted molar refractivity (Wildman–Crippen MR) is 93.4 cm³/mol. The fraction of sp³-hybridized carbons (Fsp3) is 0.389. The zero-order chi connectivity index (χ0) is 17.8. The van der Waals surface area contributed by atoms with Gasteiger partial charge in [-0.2, -0.15) is 5.10 Å². The molecule has 2 amide bonds. The standard InChI is InChI=1S/C18H22N4O3/c1-2-22-11-14(10-19-22)17(24)20-15-6-3-5-13(9-15)18(25)21-8-4-7-16(23)12-21/h3,5-6,9-11,16,23H,2,4,7-8,12H2,1H3,(H,20,24)/t16-/m1/s1. The Hall–Kier alpha value is -2.67. The van der Waals surface area contributed by atoms with E-state index in [1.807, 2.05) is 6.92 Å². The molecule has 132 valence electrons. The summed E-state index contributed by atoms with van der Waals surface area (Å²) in [7, 11) is 0. The number of aliphatic hydroxyl groups excluding tert-OH is 1. The fourth-order valence-electron chi connectivity index (χ4n) is 2.91. The van der Waals surface area contributed by atoms with Gasteiger partial charge < -0.3 is 15.3 Å². The minimum atomic E-state index is -0.462. The molecule has 1 aliphatic rings. The topological polar surface area (TPSA) is 87.5 Å². The summed E-state index contributed by atoms with van der Waals surface area (Å²) in [5.41, 5.74) is 1.52. The summed E-state index contributed by atoms with van der Waals surface area (Å²) in [6.45, 7) is 3.63. The number of piperidine rings is 1. The number of anilines is 1. The lowest BCUT2D eigenvalue weighted by molar-refractivity contribution is 0.0474. The number of hydrogen-bond acceptors (Lipinski definition) is 4. The number of rotatable bonds is 4. The van der Waals surface area contributed by atoms with Crippen LogP contribution in [0.1, 0.15) is 40.5 Å². The molecule has 1 aliphatic heterocycles. The molecule has 3 rings (SSSR count). The van der Waals surface area contributed by atoms with Crippen molar-refractivity contribution in [2.45, 2.75) is 32.4 Å². The van der Waals surface area contributed by atoms with Crippen molar-refractivity contribution in [3.05, 3.63) is 47.8 Å². The van der Waals surface area contributed by atoms with Crippen LogP contribution in [0.5, 0.6) is 0 Å². The number of aryl methyl sites for hydroxylation is 1. The van der Waals surface area contributed by atoms with Gasteiger partial charge in [-0.1, -0.05) is 6.07 Å². The molecule has 0 aliphatic carbocycles. The molecule has 1 aromatic heterocycles. The Morgan fingerprint density at radius 1 is 1.36 bits per heavy atom. The second kappa shape index (κ2) is 7.48. The van der Waals surface area contributed by atoms with Crippen molar-refractivity contribution < 1.29 is 14.7 Å². The van der Waals surface area contributed by atoms with Crippen LogP contribution >= 0.6 is 0 Å². The van der Waals surface area contributed by atoms with Gasteiger partial charge in [0, 0.05) is 37.1 Å². The summed E-state index contributed by atoms with van der Waals surface area (Å²) in [6, 6.07) is 6.85. The van der Waals surface area contributed by atoms with E-state index in [0.29, 0.717) is 36.4 Å². The normalized spacial score (nSPS) is 17.4. The molecule has 1 atom stereocenters. The number of nitrogens with one attached hydrogen (secondary N) is 1. The summed E-state index contributed by atoms with van der Waals surface area (Å²) >= 11 is 0. The van der Waals surface area contributed by atoms with Crippen LogP contribution in [0.3, 0.4) is 0 Å². The first-order valence-corrected chi connectivity index (χ1v) is 8.48. The van der Waals surface area contributed by atoms with Crippen LogP contribution < -0.4 is 5.32 Å². The highest BCUT2D eigenvalue weighted by atomic mass is 16.3. The molecule has 7 nitrogen and oxygen atoms in total. The maximum atomic E-state index is 12.6.